The summed E-state index contributed by atoms with van der Waals surface area (Å²) in [6.07, 6.45) is 0.209. The van der Waals surface area contributed by atoms with E-state index in [2.05, 4.69) is 4.74 Å². The molecule has 13 heteroatoms. The Morgan fingerprint density at radius 2 is 1.86 bits per heavy atom. The first-order valence-corrected chi connectivity index (χ1v) is 13.5. The number of rotatable bonds is 12. The number of methoxy groups -OCH3 is 1. The average Bonchev–Trinajstić information content (AvgIpc) is 3.21. The number of allylic oxidation sites excluding steroid dienone is 1. The largest absolute Gasteiger partial charge is 0.435 e. The number of primary amides is 1. The molecule has 0 fully saturated rings. The summed E-state index contributed by atoms with van der Waals surface area (Å²) in [5.41, 5.74) is 6.21. The van der Waals surface area contributed by atoms with E-state index in [1.54, 1.807) is 48.2 Å². The molecule has 1 aliphatic heterocycles. The Morgan fingerprint density at radius 1 is 1.22 bits per heavy atom. The average molecular weight is 553 g/mol. The molecule has 0 radical (unpaired) electrons. The SMILES string of the molecule is COCCCS(=O)(=O)N1C(C(N)=O)=C(C)SC1N(Cc1ccc(OC(F)F)cc1)c1ccc(C#N)cc1. The lowest BCUT2D eigenvalue weighted by Crippen LogP contribution is -2.48. The zero-order valence-corrected chi connectivity index (χ0v) is 21.8. The minimum atomic E-state index is -4.01. The van der Waals surface area contributed by atoms with Gasteiger partial charge in [-0.3, -0.25) is 4.79 Å². The Morgan fingerprint density at radius 3 is 2.41 bits per heavy atom. The maximum atomic E-state index is 13.5. The Labute approximate surface area is 218 Å². The van der Waals surface area contributed by atoms with E-state index in [0.29, 0.717) is 21.7 Å². The van der Waals surface area contributed by atoms with Crippen LogP contribution in [0.1, 0.15) is 24.5 Å². The van der Waals surface area contributed by atoms with Crippen molar-refractivity contribution >= 4 is 33.4 Å². The van der Waals surface area contributed by atoms with E-state index in [4.69, 9.17) is 10.5 Å². The highest BCUT2D eigenvalue weighted by Crippen LogP contribution is 2.43. The van der Waals surface area contributed by atoms with Crippen LogP contribution in [0.5, 0.6) is 5.75 Å². The number of ether oxygens (including phenoxy) is 2. The van der Waals surface area contributed by atoms with Gasteiger partial charge in [0.05, 0.1) is 17.4 Å². The molecule has 198 valence electrons. The van der Waals surface area contributed by atoms with Crippen LogP contribution in [0.3, 0.4) is 0 Å². The molecule has 0 saturated carbocycles. The van der Waals surface area contributed by atoms with Crippen LogP contribution in [0.25, 0.3) is 0 Å². The third kappa shape index (κ3) is 6.91. The molecule has 1 aliphatic rings. The standard InChI is InChI=1S/C24H26F2N4O5S2/c1-16-21(22(28)31)30(37(32,33)13-3-12-34-2)24(36-16)29(19-8-4-17(14-27)5-9-19)15-18-6-10-20(11-7-18)35-23(25)26/h4-11,23-24H,3,12-13,15H2,1-2H3,(H2,28,31). The van der Waals surface area contributed by atoms with E-state index in [9.17, 15) is 27.3 Å². The number of nitriles is 1. The number of hydrogen-bond donors (Lipinski definition) is 1. The molecule has 9 nitrogen and oxygen atoms in total. The summed E-state index contributed by atoms with van der Waals surface area (Å²) in [6, 6.07) is 14.5. The van der Waals surface area contributed by atoms with E-state index in [1.165, 1.54) is 19.2 Å². The van der Waals surface area contributed by atoms with Gasteiger partial charge in [-0.2, -0.15) is 14.0 Å². The van der Waals surface area contributed by atoms with Gasteiger partial charge in [0.2, 0.25) is 10.0 Å². The molecule has 1 unspecified atom stereocenters. The van der Waals surface area contributed by atoms with Crippen molar-refractivity contribution in [3.8, 4) is 11.8 Å². The van der Waals surface area contributed by atoms with Crippen LogP contribution in [-0.4, -0.2) is 50.2 Å². The van der Waals surface area contributed by atoms with E-state index < -0.39 is 28.0 Å². The van der Waals surface area contributed by atoms with E-state index in [1.807, 2.05) is 6.07 Å². The lowest BCUT2D eigenvalue weighted by atomic mass is 10.1. The number of thioether (sulfide) groups is 1. The van der Waals surface area contributed by atoms with Crippen LogP contribution < -0.4 is 15.4 Å². The summed E-state index contributed by atoms with van der Waals surface area (Å²) in [4.78, 5) is 14.5. The molecule has 0 saturated heterocycles. The number of nitrogens with zero attached hydrogens (tertiary/aromatic N) is 3. The molecule has 0 aliphatic carbocycles. The third-order valence-electron chi connectivity index (χ3n) is 5.42. The highest BCUT2D eigenvalue weighted by Gasteiger charge is 2.44. The van der Waals surface area contributed by atoms with E-state index in [0.717, 1.165) is 16.1 Å². The van der Waals surface area contributed by atoms with Crippen LogP contribution >= 0.6 is 11.8 Å². The molecule has 0 bridgehead atoms. The summed E-state index contributed by atoms with van der Waals surface area (Å²) < 4.78 is 62.5. The molecule has 1 atom stereocenters. The van der Waals surface area contributed by atoms with Crippen LogP contribution in [0, 0.1) is 11.3 Å². The zero-order valence-electron chi connectivity index (χ0n) is 20.1. The van der Waals surface area contributed by atoms with Crippen molar-refractivity contribution in [3.63, 3.8) is 0 Å². The fourth-order valence-corrected chi connectivity index (χ4v) is 7.06. The van der Waals surface area contributed by atoms with Crippen LogP contribution in [0.4, 0.5) is 14.5 Å². The monoisotopic (exact) mass is 552 g/mol. The van der Waals surface area contributed by atoms with Gasteiger partial charge in [-0.05, 0) is 55.3 Å². The van der Waals surface area contributed by atoms with Gasteiger partial charge in [0.1, 0.15) is 11.4 Å². The van der Waals surface area contributed by atoms with Gasteiger partial charge in [-0.15, -0.1) is 0 Å². The first-order chi connectivity index (χ1) is 17.6. The summed E-state index contributed by atoms with van der Waals surface area (Å²) in [7, 11) is -2.55. The highest BCUT2D eigenvalue weighted by molar-refractivity contribution is 8.04. The van der Waals surface area contributed by atoms with Crippen LogP contribution in [0.2, 0.25) is 0 Å². The summed E-state index contributed by atoms with van der Waals surface area (Å²) in [5.74, 6) is -1.17. The fraction of sp³-hybridized carbons (Fsp3) is 0.333. The van der Waals surface area contributed by atoms with Crippen molar-refractivity contribution in [2.24, 2.45) is 5.73 Å². The molecule has 2 aromatic carbocycles. The van der Waals surface area contributed by atoms with Gasteiger partial charge in [-0.25, -0.2) is 12.7 Å². The van der Waals surface area contributed by atoms with Crippen molar-refractivity contribution in [3.05, 3.63) is 70.3 Å². The number of alkyl halides is 2. The second-order valence-electron chi connectivity index (χ2n) is 7.98. The van der Waals surface area contributed by atoms with Crippen molar-refractivity contribution in [2.45, 2.75) is 32.0 Å². The van der Waals surface area contributed by atoms with Gasteiger partial charge in [0, 0.05) is 30.9 Å². The van der Waals surface area contributed by atoms with Gasteiger partial charge >= 0.3 is 6.61 Å². The first kappa shape index (κ1) is 28.2. The predicted octanol–water partition coefficient (Wildman–Crippen LogP) is 3.58. The fourth-order valence-electron chi connectivity index (χ4n) is 3.76. The molecule has 2 aromatic rings. The molecule has 37 heavy (non-hydrogen) atoms. The van der Waals surface area contributed by atoms with Crippen LogP contribution in [0.15, 0.2) is 59.1 Å². The molecule has 1 heterocycles. The Bertz CT molecular complexity index is 1280. The number of sulfonamides is 1. The Hall–Kier alpha value is -3.34. The second-order valence-corrected chi connectivity index (χ2v) is 11.2. The van der Waals surface area contributed by atoms with Crippen molar-refractivity contribution in [1.82, 2.24) is 4.31 Å². The molecule has 3 rings (SSSR count). The lowest BCUT2D eigenvalue weighted by molar-refractivity contribution is -0.115. The van der Waals surface area contributed by atoms with Gasteiger partial charge < -0.3 is 20.1 Å². The number of benzene rings is 2. The summed E-state index contributed by atoms with van der Waals surface area (Å²) >= 11 is 1.15. The number of halogens is 2. The lowest BCUT2D eigenvalue weighted by Gasteiger charge is -2.37. The van der Waals surface area contributed by atoms with E-state index >= 15 is 0 Å². The minimum Gasteiger partial charge on any atom is -0.435 e. The van der Waals surface area contributed by atoms with Crippen LogP contribution in [-0.2, 0) is 26.1 Å². The molecular formula is C24H26F2N4O5S2. The second kappa shape index (κ2) is 12.3. The normalized spacial score (nSPS) is 15.7. The number of hydrogen-bond acceptors (Lipinski definition) is 8. The Kier molecular flexibility index (Phi) is 9.36. The number of nitrogens with two attached hydrogens (primary N) is 1. The topological polar surface area (TPSA) is 126 Å². The number of amides is 1. The number of anilines is 1. The minimum absolute atomic E-state index is 0.0187. The predicted molar refractivity (Wildman–Crippen MR) is 136 cm³/mol. The maximum absolute atomic E-state index is 13.5. The summed E-state index contributed by atoms with van der Waals surface area (Å²) in [6.45, 7) is -0.988. The van der Waals surface area contributed by atoms with Crippen molar-refractivity contribution < 1.29 is 31.5 Å². The van der Waals surface area contributed by atoms with Crippen molar-refractivity contribution in [1.29, 1.82) is 5.26 Å². The number of carbonyl (C=O) groups is 1. The number of carbonyl (C=O) groups excluding carboxylic acids is 1. The highest BCUT2D eigenvalue weighted by atomic mass is 32.2. The van der Waals surface area contributed by atoms with Gasteiger partial charge in [0.15, 0.2) is 5.50 Å². The maximum Gasteiger partial charge on any atom is 0.387 e. The third-order valence-corrected chi connectivity index (χ3v) is 8.56. The zero-order chi connectivity index (χ0) is 27.2. The first-order valence-electron chi connectivity index (χ1n) is 11.1. The quantitative estimate of drug-likeness (QED) is 0.396. The summed E-state index contributed by atoms with van der Waals surface area (Å²) in [5, 5.41) is 9.20. The molecule has 2 N–H and O–H groups in total. The van der Waals surface area contributed by atoms with E-state index in [-0.39, 0.29) is 36.8 Å². The molecular weight excluding hydrogens is 526 g/mol. The Balaban J connectivity index is 2.04. The molecule has 0 aromatic heterocycles. The molecule has 1 amide bonds. The van der Waals surface area contributed by atoms with Gasteiger partial charge in [0.25, 0.3) is 5.91 Å². The smallest absolute Gasteiger partial charge is 0.387 e. The van der Waals surface area contributed by atoms with Gasteiger partial charge in [-0.1, -0.05) is 23.9 Å². The van der Waals surface area contributed by atoms with Crippen molar-refractivity contribution in [2.75, 3.05) is 24.4 Å². The molecule has 0 spiro atoms.